The third-order valence-electron chi connectivity index (χ3n) is 3.78. The van der Waals surface area contributed by atoms with Crippen LogP contribution in [0.15, 0.2) is 72.8 Å². The van der Waals surface area contributed by atoms with Gasteiger partial charge in [0, 0.05) is 5.69 Å². The zero-order valence-electron chi connectivity index (χ0n) is 14.2. The zero-order valence-corrected chi connectivity index (χ0v) is 15.0. The first-order valence-corrected chi connectivity index (χ1v) is 8.97. The SMILES string of the molecule is NC(=O)c1ccc(C(=O)N[C@@H](C(=O)Nc2ccccc2)c2ccccc2)s1. The molecule has 0 saturated heterocycles. The summed E-state index contributed by atoms with van der Waals surface area (Å²) in [7, 11) is 0. The average Bonchev–Trinajstić information content (AvgIpc) is 3.18. The molecule has 0 aliphatic carbocycles. The van der Waals surface area contributed by atoms with Crippen LogP contribution < -0.4 is 16.4 Å². The third kappa shape index (κ3) is 4.59. The van der Waals surface area contributed by atoms with E-state index < -0.39 is 17.9 Å². The molecule has 3 rings (SSSR count). The molecule has 0 unspecified atom stereocenters. The van der Waals surface area contributed by atoms with Gasteiger partial charge in [0.2, 0.25) is 0 Å². The summed E-state index contributed by atoms with van der Waals surface area (Å²) in [4.78, 5) is 37.2. The molecule has 27 heavy (non-hydrogen) atoms. The van der Waals surface area contributed by atoms with Crippen molar-refractivity contribution in [3.05, 3.63) is 88.1 Å². The number of carbonyl (C=O) groups excluding carboxylic acids is 3. The normalized spacial score (nSPS) is 11.4. The van der Waals surface area contributed by atoms with Crippen LogP contribution in [0.5, 0.6) is 0 Å². The van der Waals surface area contributed by atoms with Gasteiger partial charge >= 0.3 is 0 Å². The molecule has 0 bridgehead atoms. The lowest BCUT2D eigenvalue weighted by Gasteiger charge is -2.18. The number of rotatable bonds is 6. The van der Waals surface area contributed by atoms with Gasteiger partial charge in [0.25, 0.3) is 17.7 Å². The van der Waals surface area contributed by atoms with E-state index >= 15 is 0 Å². The third-order valence-corrected chi connectivity index (χ3v) is 4.88. The van der Waals surface area contributed by atoms with Gasteiger partial charge in [-0.3, -0.25) is 14.4 Å². The Balaban J connectivity index is 1.82. The lowest BCUT2D eigenvalue weighted by atomic mass is 10.1. The van der Waals surface area contributed by atoms with Crippen molar-refractivity contribution in [2.24, 2.45) is 5.73 Å². The van der Waals surface area contributed by atoms with Gasteiger partial charge in [-0.1, -0.05) is 48.5 Å². The summed E-state index contributed by atoms with van der Waals surface area (Å²) in [5.74, 6) is -1.42. The van der Waals surface area contributed by atoms with Crippen LogP contribution in [0.4, 0.5) is 5.69 Å². The lowest BCUT2D eigenvalue weighted by molar-refractivity contribution is -0.118. The largest absolute Gasteiger partial charge is 0.365 e. The maximum absolute atomic E-state index is 12.8. The summed E-state index contributed by atoms with van der Waals surface area (Å²) in [5.41, 5.74) is 6.50. The summed E-state index contributed by atoms with van der Waals surface area (Å²) in [6.07, 6.45) is 0. The number of nitrogens with one attached hydrogen (secondary N) is 2. The van der Waals surface area contributed by atoms with Gasteiger partial charge in [-0.15, -0.1) is 11.3 Å². The minimum atomic E-state index is -0.891. The molecule has 0 aliphatic heterocycles. The summed E-state index contributed by atoms with van der Waals surface area (Å²) < 4.78 is 0. The number of carbonyl (C=O) groups is 3. The van der Waals surface area contributed by atoms with Crippen molar-refractivity contribution in [3.8, 4) is 0 Å². The smallest absolute Gasteiger partial charge is 0.262 e. The highest BCUT2D eigenvalue weighted by Gasteiger charge is 2.24. The highest BCUT2D eigenvalue weighted by atomic mass is 32.1. The van der Waals surface area contributed by atoms with E-state index in [4.69, 9.17) is 5.73 Å². The molecule has 0 radical (unpaired) electrons. The van der Waals surface area contributed by atoms with Crippen LogP contribution in [-0.2, 0) is 4.79 Å². The van der Waals surface area contributed by atoms with Crippen molar-refractivity contribution in [2.45, 2.75) is 6.04 Å². The van der Waals surface area contributed by atoms with Crippen molar-refractivity contribution in [2.75, 3.05) is 5.32 Å². The van der Waals surface area contributed by atoms with E-state index in [1.807, 2.05) is 24.3 Å². The maximum atomic E-state index is 12.8. The number of amides is 3. The van der Waals surface area contributed by atoms with Crippen molar-refractivity contribution < 1.29 is 14.4 Å². The predicted octanol–water partition coefficient (Wildman–Crippen LogP) is 2.96. The van der Waals surface area contributed by atoms with Crippen LogP contribution in [0.1, 0.15) is 30.9 Å². The van der Waals surface area contributed by atoms with E-state index in [9.17, 15) is 14.4 Å². The molecule has 0 fully saturated rings. The molecule has 3 amide bonds. The first kappa shape index (κ1) is 18.3. The van der Waals surface area contributed by atoms with E-state index in [2.05, 4.69) is 10.6 Å². The minimum Gasteiger partial charge on any atom is -0.365 e. The van der Waals surface area contributed by atoms with Crippen LogP contribution in [-0.4, -0.2) is 17.7 Å². The molecule has 1 atom stereocenters. The second kappa shape index (κ2) is 8.29. The Bertz CT molecular complexity index is 955. The molecule has 4 N–H and O–H groups in total. The molecule has 1 aromatic heterocycles. The number of hydrogen-bond acceptors (Lipinski definition) is 4. The number of anilines is 1. The molecule has 0 saturated carbocycles. The van der Waals surface area contributed by atoms with E-state index in [0.29, 0.717) is 16.1 Å². The Morgan fingerprint density at radius 3 is 2.00 bits per heavy atom. The standard InChI is InChI=1S/C20H17N3O3S/c21-18(24)15-11-12-16(27-15)19(25)23-17(13-7-3-1-4-8-13)20(26)22-14-9-5-2-6-10-14/h1-12,17H,(H2,21,24)(H,22,26)(H,23,25)/t17-/m1/s1. The topological polar surface area (TPSA) is 101 Å². The monoisotopic (exact) mass is 379 g/mol. The van der Waals surface area contributed by atoms with Crippen LogP contribution in [0.2, 0.25) is 0 Å². The second-order valence-electron chi connectivity index (χ2n) is 5.70. The number of hydrogen-bond donors (Lipinski definition) is 3. The summed E-state index contributed by atoms with van der Waals surface area (Å²) in [5, 5.41) is 5.53. The fourth-order valence-electron chi connectivity index (χ4n) is 2.48. The van der Waals surface area contributed by atoms with Gasteiger partial charge in [-0.2, -0.15) is 0 Å². The first-order chi connectivity index (χ1) is 13.0. The molecule has 6 nitrogen and oxygen atoms in total. The molecule has 0 aliphatic rings. The highest BCUT2D eigenvalue weighted by Crippen LogP contribution is 2.20. The van der Waals surface area contributed by atoms with Crippen LogP contribution in [0.25, 0.3) is 0 Å². The fraction of sp³-hybridized carbons (Fsp3) is 0.0500. The maximum Gasteiger partial charge on any atom is 0.262 e. The summed E-state index contributed by atoms with van der Waals surface area (Å²) >= 11 is 0.984. The van der Waals surface area contributed by atoms with E-state index in [1.54, 1.807) is 36.4 Å². The molecule has 2 aromatic carbocycles. The molecule has 3 aromatic rings. The fourth-order valence-corrected chi connectivity index (χ4v) is 3.24. The average molecular weight is 379 g/mol. The quantitative estimate of drug-likeness (QED) is 0.614. The number of benzene rings is 2. The second-order valence-corrected chi connectivity index (χ2v) is 6.78. The Morgan fingerprint density at radius 1 is 0.815 bits per heavy atom. The van der Waals surface area contributed by atoms with Gasteiger partial charge in [0.1, 0.15) is 6.04 Å². The van der Waals surface area contributed by atoms with Crippen molar-refractivity contribution in [3.63, 3.8) is 0 Å². The highest BCUT2D eigenvalue weighted by molar-refractivity contribution is 7.15. The van der Waals surface area contributed by atoms with Crippen LogP contribution in [0.3, 0.4) is 0 Å². The first-order valence-electron chi connectivity index (χ1n) is 8.16. The van der Waals surface area contributed by atoms with Crippen LogP contribution in [0, 0.1) is 0 Å². The molecule has 0 spiro atoms. The van der Waals surface area contributed by atoms with Gasteiger partial charge < -0.3 is 16.4 Å². The Hall–Kier alpha value is -3.45. The van der Waals surface area contributed by atoms with Gasteiger partial charge in [0.15, 0.2) is 0 Å². The number of nitrogens with two attached hydrogens (primary N) is 1. The predicted molar refractivity (Wildman–Crippen MR) is 105 cm³/mol. The Labute approximate surface area is 160 Å². The molecular formula is C20H17N3O3S. The Morgan fingerprint density at radius 2 is 1.41 bits per heavy atom. The van der Waals surface area contributed by atoms with E-state index in [1.165, 1.54) is 12.1 Å². The van der Waals surface area contributed by atoms with Crippen molar-refractivity contribution in [1.82, 2.24) is 5.32 Å². The lowest BCUT2D eigenvalue weighted by Crippen LogP contribution is -2.36. The molecular weight excluding hydrogens is 362 g/mol. The van der Waals surface area contributed by atoms with Gasteiger partial charge in [-0.25, -0.2) is 0 Å². The van der Waals surface area contributed by atoms with E-state index in [0.717, 1.165) is 11.3 Å². The number of thiophene rings is 1. The summed E-state index contributed by atoms with van der Waals surface area (Å²) in [6, 6.07) is 20.0. The van der Waals surface area contributed by atoms with E-state index in [-0.39, 0.29) is 10.8 Å². The molecule has 136 valence electrons. The molecule has 7 heteroatoms. The van der Waals surface area contributed by atoms with Crippen molar-refractivity contribution in [1.29, 1.82) is 0 Å². The van der Waals surface area contributed by atoms with Crippen LogP contribution >= 0.6 is 11.3 Å². The van der Waals surface area contributed by atoms with Gasteiger partial charge in [-0.05, 0) is 29.8 Å². The number of primary amides is 1. The van der Waals surface area contributed by atoms with Crippen molar-refractivity contribution >= 4 is 34.7 Å². The van der Waals surface area contributed by atoms with Gasteiger partial charge in [0.05, 0.1) is 9.75 Å². The Kier molecular flexibility index (Phi) is 5.63. The zero-order chi connectivity index (χ0) is 19.2. The molecule has 1 heterocycles. The number of para-hydroxylation sites is 1. The minimum absolute atomic E-state index is 0.283. The summed E-state index contributed by atoms with van der Waals surface area (Å²) in [6.45, 7) is 0.